The quantitative estimate of drug-likeness (QED) is 0.891. The number of hydrogen-bond donors (Lipinski definition) is 2. The minimum atomic E-state index is -0.101. The molecule has 6 nitrogen and oxygen atoms in total. The Kier molecular flexibility index (Phi) is 7.17. The number of anilines is 1. The van der Waals surface area contributed by atoms with Gasteiger partial charge < -0.3 is 15.4 Å². The predicted octanol–water partition coefficient (Wildman–Crippen LogP) is 1.85. The van der Waals surface area contributed by atoms with E-state index >= 15 is 0 Å². The van der Waals surface area contributed by atoms with Crippen molar-refractivity contribution < 1.29 is 9.53 Å². The number of benzene rings is 1. The van der Waals surface area contributed by atoms with E-state index in [1.165, 1.54) is 0 Å². The van der Waals surface area contributed by atoms with E-state index in [1.807, 2.05) is 18.2 Å². The Hall–Kier alpha value is -1.76. The summed E-state index contributed by atoms with van der Waals surface area (Å²) in [6.07, 6.45) is 3.41. The maximum absolute atomic E-state index is 11.9. The van der Waals surface area contributed by atoms with E-state index in [1.54, 1.807) is 23.1 Å². The minimum Gasteiger partial charge on any atom is -0.492 e. The molecule has 0 radical (unpaired) electrons. The fraction of sp³-hybridized carbons (Fsp3) is 0.286. The van der Waals surface area contributed by atoms with E-state index in [0.717, 1.165) is 30.1 Å². The molecule has 1 aliphatic rings. The highest BCUT2D eigenvalue weighted by Crippen LogP contribution is 2.24. The summed E-state index contributed by atoms with van der Waals surface area (Å²) in [6, 6.07) is 7.48. The van der Waals surface area contributed by atoms with Crippen molar-refractivity contribution in [2.24, 2.45) is 0 Å². The number of aromatic nitrogens is 2. The molecule has 2 N–H and O–H groups in total. The first kappa shape index (κ1) is 18.3. The molecule has 0 atom stereocenters. The van der Waals surface area contributed by atoms with Crippen LogP contribution in [0.2, 0.25) is 0 Å². The van der Waals surface area contributed by atoms with Crippen molar-refractivity contribution in [1.82, 2.24) is 15.1 Å². The zero-order valence-corrected chi connectivity index (χ0v) is 13.5. The summed E-state index contributed by atoms with van der Waals surface area (Å²) in [6.45, 7) is 2.45. The van der Waals surface area contributed by atoms with E-state index < -0.39 is 0 Å². The Morgan fingerprint density at radius 1 is 1.41 bits per heavy atom. The molecule has 1 aromatic heterocycles. The van der Waals surface area contributed by atoms with Crippen molar-refractivity contribution in [3.05, 3.63) is 42.2 Å². The highest BCUT2D eigenvalue weighted by molar-refractivity contribution is 5.90. The van der Waals surface area contributed by atoms with Gasteiger partial charge in [0.05, 0.1) is 0 Å². The van der Waals surface area contributed by atoms with Crippen LogP contribution >= 0.6 is 24.8 Å². The molecule has 2 heterocycles. The summed E-state index contributed by atoms with van der Waals surface area (Å²) in [5.74, 6) is 0.774. The van der Waals surface area contributed by atoms with Crippen LogP contribution in [-0.4, -0.2) is 28.8 Å². The number of rotatable bonds is 3. The standard InChI is InChI=1S/C14H16N4O2.2ClH/c19-14(10-18-6-1-4-16-18)17-12-2-3-13-11(8-12)9-15-5-7-20-13;;/h1-4,6,8,15H,5,7,9-10H2,(H,17,19);2*1H. The predicted molar refractivity (Wildman–Crippen MR) is 89.0 cm³/mol. The summed E-state index contributed by atoms with van der Waals surface area (Å²) in [4.78, 5) is 11.9. The molecule has 0 fully saturated rings. The second-order valence-electron chi connectivity index (χ2n) is 4.60. The number of nitrogens with one attached hydrogen (secondary N) is 2. The van der Waals surface area contributed by atoms with Crippen LogP contribution in [0.1, 0.15) is 5.56 Å². The van der Waals surface area contributed by atoms with Gasteiger partial charge in [0.15, 0.2) is 0 Å². The maximum Gasteiger partial charge on any atom is 0.246 e. The zero-order chi connectivity index (χ0) is 13.8. The molecule has 3 rings (SSSR count). The van der Waals surface area contributed by atoms with Crippen LogP contribution in [0, 0.1) is 0 Å². The van der Waals surface area contributed by atoms with Crippen LogP contribution < -0.4 is 15.4 Å². The van der Waals surface area contributed by atoms with E-state index in [-0.39, 0.29) is 37.3 Å². The van der Waals surface area contributed by atoms with Gasteiger partial charge in [-0.15, -0.1) is 24.8 Å². The van der Waals surface area contributed by atoms with Crippen LogP contribution in [0.4, 0.5) is 5.69 Å². The van der Waals surface area contributed by atoms with Crippen LogP contribution in [0.15, 0.2) is 36.7 Å². The Balaban J connectivity index is 0.00000121. The number of carbonyl (C=O) groups is 1. The zero-order valence-electron chi connectivity index (χ0n) is 11.8. The molecule has 0 aliphatic carbocycles. The Labute approximate surface area is 141 Å². The minimum absolute atomic E-state index is 0. The smallest absolute Gasteiger partial charge is 0.246 e. The molecule has 0 saturated heterocycles. The average Bonchev–Trinajstić information content (AvgIpc) is 2.82. The average molecular weight is 345 g/mol. The molecule has 22 heavy (non-hydrogen) atoms. The third-order valence-electron chi connectivity index (χ3n) is 3.06. The van der Waals surface area contributed by atoms with Crippen molar-refractivity contribution in [2.75, 3.05) is 18.5 Å². The van der Waals surface area contributed by atoms with Gasteiger partial charge in [0.25, 0.3) is 0 Å². The molecular weight excluding hydrogens is 327 g/mol. The lowest BCUT2D eigenvalue weighted by Crippen LogP contribution is -2.19. The SMILES string of the molecule is Cl.Cl.O=C(Cn1cccn1)Nc1ccc2c(c1)CNCCO2. The first-order valence-electron chi connectivity index (χ1n) is 6.55. The number of halogens is 2. The first-order chi connectivity index (χ1) is 9.81. The van der Waals surface area contributed by atoms with Crippen molar-refractivity contribution in [3.8, 4) is 5.75 Å². The largest absolute Gasteiger partial charge is 0.492 e. The fourth-order valence-electron chi connectivity index (χ4n) is 2.13. The summed E-state index contributed by atoms with van der Waals surface area (Å²) >= 11 is 0. The van der Waals surface area contributed by atoms with Gasteiger partial charge in [0.2, 0.25) is 5.91 Å². The van der Waals surface area contributed by atoms with Gasteiger partial charge in [-0.05, 0) is 24.3 Å². The molecule has 1 aromatic carbocycles. The van der Waals surface area contributed by atoms with Crippen molar-refractivity contribution in [3.63, 3.8) is 0 Å². The molecule has 8 heteroatoms. The lowest BCUT2D eigenvalue weighted by molar-refractivity contribution is -0.116. The number of ether oxygens (including phenoxy) is 1. The molecule has 1 aliphatic heterocycles. The molecule has 1 amide bonds. The number of carbonyl (C=O) groups excluding carboxylic acids is 1. The van der Waals surface area contributed by atoms with Crippen LogP contribution in [0.3, 0.4) is 0 Å². The summed E-state index contributed by atoms with van der Waals surface area (Å²) in [7, 11) is 0. The Morgan fingerprint density at radius 3 is 3.05 bits per heavy atom. The second kappa shape index (κ2) is 8.63. The van der Waals surface area contributed by atoms with Crippen LogP contribution in [-0.2, 0) is 17.9 Å². The van der Waals surface area contributed by atoms with Crippen molar-refractivity contribution >= 4 is 36.4 Å². The van der Waals surface area contributed by atoms with Gasteiger partial charge >= 0.3 is 0 Å². The highest BCUT2D eigenvalue weighted by atomic mass is 35.5. The van der Waals surface area contributed by atoms with E-state index in [4.69, 9.17) is 4.74 Å². The Morgan fingerprint density at radius 2 is 2.27 bits per heavy atom. The lowest BCUT2D eigenvalue weighted by Gasteiger charge is -2.10. The van der Waals surface area contributed by atoms with Crippen LogP contribution in [0.25, 0.3) is 0 Å². The fourth-order valence-corrected chi connectivity index (χ4v) is 2.13. The third-order valence-corrected chi connectivity index (χ3v) is 3.06. The molecule has 0 saturated carbocycles. The molecule has 0 unspecified atom stereocenters. The number of hydrogen-bond acceptors (Lipinski definition) is 4. The molecule has 0 spiro atoms. The second-order valence-corrected chi connectivity index (χ2v) is 4.60. The molecule has 0 bridgehead atoms. The van der Waals surface area contributed by atoms with Gasteiger partial charge in [0.1, 0.15) is 18.9 Å². The van der Waals surface area contributed by atoms with E-state index in [2.05, 4.69) is 15.7 Å². The third kappa shape index (κ3) is 4.62. The van der Waals surface area contributed by atoms with Gasteiger partial charge in [-0.3, -0.25) is 9.48 Å². The first-order valence-corrected chi connectivity index (χ1v) is 6.55. The monoisotopic (exact) mass is 344 g/mol. The van der Waals surface area contributed by atoms with Gasteiger partial charge in [-0.25, -0.2) is 0 Å². The maximum atomic E-state index is 11.9. The number of fused-ring (bicyclic) bond motifs is 1. The lowest BCUT2D eigenvalue weighted by atomic mass is 10.1. The molecule has 120 valence electrons. The van der Waals surface area contributed by atoms with E-state index in [9.17, 15) is 4.79 Å². The van der Waals surface area contributed by atoms with Gasteiger partial charge in [0, 0.05) is 36.7 Å². The molecule has 2 aromatic rings. The van der Waals surface area contributed by atoms with Crippen molar-refractivity contribution in [2.45, 2.75) is 13.1 Å². The van der Waals surface area contributed by atoms with E-state index in [0.29, 0.717) is 6.61 Å². The van der Waals surface area contributed by atoms with Crippen molar-refractivity contribution in [1.29, 1.82) is 0 Å². The Bertz CT molecular complexity index is 605. The molecular formula is C14H18Cl2N4O2. The summed E-state index contributed by atoms with van der Waals surface area (Å²) in [5, 5.41) is 10.1. The topological polar surface area (TPSA) is 68.2 Å². The highest BCUT2D eigenvalue weighted by Gasteiger charge is 2.10. The summed E-state index contributed by atoms with van der Waals surface area (Å²) < 4.78 is 7.19. The van der Waals surface area contributed by atoms with Crippen LogP contribution in [0.5, 0.6) is 5.75 Å². The van der Waals surface area contributed by atoms with Gasteiger partial charge in [-0.2, -0.15) is 5.10 Å². The summed E-state index contributed by atoms with van der Waals surface area (Å²) in [5.41, 5.74) is 1.83. The normalized spacial score (nSPS) is 12.7. The van der Waals surface area contributed by atoms with Gasteiger partial charge in [-0.1, -0.05) is 0 Å². The number of nitrogens with zero attached hydrogens (tertiary/aromatic N) is 2. The number of amides is 1.